The van der Waals surface area contributed by atoms with E-state index in [1.54, 1.807) is 31.5 Å². The Labute approximate surface area is 448 Å². The maximum absolute atomic E-state index is 16.9. The number of imide groups is 2. The molecule has 5 atom stereocenters. The number of phenols is 1. The highest BCUT2D eigenvalue weighted by molar-refractivity contribution is 6.23. The third kappa shape index (κ3) is 10.8. The van der Waals surface area contributed by atoms with Crippen LogP contribution in [0.1, 0.15) is 71.2 Å². The summed E-state index contributed by atoms with van der Waals surface area (Å²) < 4.78 is 54.4. The van der Waals surface area contributed by atoms with Crippen LogP contribution in [0.4, 0.5) is 20.3 Å². The number of hydrogen-bond acceptors (Lipinski definition) is 17. The van der Waals surface area contributed by atoms with Gasteiger partial charge in [0.1, 0.15) is 41.2 Å². The molecule has 0 radical (unpaired) electrons. The van der Waals surface area contributed by atoms with Crippen LogP contribution in [0.25, 0.3) is 32.9 Å². The molecule has 5 unspecified atom stereocenters. The molecule has 11 rings (SSSR count). The smallest absolute Gasteiger partial charge is 0.319 e. The molecule has 408 valence electrons. The number of anilines is 2. The Balaban J connectivity index is 0.000000193. The molecule has 5 N–H and O–H groups in total. The van der Waals surface area contributed by atoms with Gasteiger partial charge in [-0.15, -0.1) is 6.42 Å². The predicted molar refractivity (Wildman–Crippen MR) is 283 cm³/mol. The topological polar surface area (TPSA) is 239 Å². The molecular formula is C56H60F2N10O10. The van der Waals surface area contributed by atoms with Crippen molar-refractivity contribution in [2.45, 2.75) is 74.7 Å². The van der Waals surface area contributed by atoms with Crippen LogP contribution in [0.15, 0.2) is 60.8 Å². The minimum atomic E-state index is -0.980. The summed E-state index contributed by atoms with van der Waals surface area (Å²) in [5.41, 5.74) is 2.05. The van der Waals surface area contributed by atoms with Gasteiger partial charge in [-0.3, -0.25) is 44.1 Å². The standard InChI is InChI=1S/C36H36F2N6O3.C20H24N4O7/c1-4-26-29(37)8-5-21-11-25(45)12-27(30(21)26)32-31(38)33-28(14-39-32)34(43-16-22-6-7-23(17-43)40-22)42-35(41-33)47-19-36-10-9-24(18-46-3)44(36)15-20(2)13-36;25-12-21-5-7-30-9-10-31-8-6-22-13-1-2-14-15(11-13)20(29)24(19(14)28)16-3-4-17(26)23-18(16)27/h1,5,8,11-12,14,22-24,40,45H,2,6-7,9-10,13,15-19H2,3H3;1-2,11-12,16,22H,3-10H2,(H,21,25)(H,23,26,27). The number of nitrogens with one attached hydrogen (secondary N) is 4. The largest absolute Gasteiger partial charge is 0.508 e. The van der Waals surface area contributed by atoms with Gasteiger partial charge in [0.05, 0.1) is 60.6 Å². The molecule has 6 aliphatic heterocycles. The lowest BCUT2D eigenvalue weighted by molar-refractivity contribution is -0.136. The van der Waals surface area contributed by atoms with E-state index in [0.29, 0.717) is 107 Å². The highest BCUT2D eigenvalue weighted by atomic mass is 19.1. The molecule has 5 aromatic rings. The Morgan fingerprint density at radius 3 is 2.46 bits per heavy atom. The first-order valence-corrected chi connectivity index (χ1v) is 26.1. The van der Waals surface area contributed by atoms with Gasteiger partial charge in [0, 0.05) is 87.2 Å². The van der Waals surface area contributed by atoms with E-state index in [1.165, 1.54) is 24.3 Å². The van der Waals surface area contributed by atoms with Crippen molar-refractivity contribution >= 4 is 63.2 Å². The number of phenolic OH excluding ortho intramolecular Hbond substituents is 1. The molecule has 5 amide bonds. The lowest BCUT2D eigenvalue weighted by Gasteiger charge is -2.35. The van der Waals surface area contributed by atoms with Crippen molar-refractivity contribution < 1.29 is 56.8 Å². The normalized spacial score (nSPS) is 22.6. The van der Waals surface area contributed by atoms with Crippen molar-refractivity contribution in [3.63, 3.8) is 0 Å². The molecule has 5 fully saturated rings. The summed E-state index contributed by atoms with van der Waals surface area (Å²) in [5, 5.41) is 23.2. The van der Waals surface area contributed by atoms with Gasteiger partial charge in [-0.05, 0) is 80.3 Å². The summed E-state index contributed by atoms with van der Waals surface area (Å²) in [6.45, 7) is 10.00. The number of piperazine rings is 1. The second kappa shape index (κ2) is 23.1. The number of pyridine rings is 1. The van der Waals surface area contributed by atoms with Crippen molar-refractivity contribution in [1.82, 2.24) is 40.7 Å². The lowest BCUT2D eigenvalue weighted by Crippen LogP contribution is -2.54. The fourth-order valence-electron chi connectivity index (χ4n) is 11.7. The number of halogens is 2. The number of benzene rings is 3. The Bertz CT molecular complexity index is 3240. The molecule has 5 saturated heterocycles. The number of amides is 5. The zero-order valence-electron chi connectivity index (χ0n) is 43.1. The van der Waals surface area contributed by atoms with E-state index in [4.69, 9.17) is 30.4 Å². The second-order valence-corrected chi connectivity index (χ2v) is 20.4. The van der Waals surface area contributed by atoms with Crippen LogP contribution < -0.4 is 30.9 Å². The summed E-state index contributed by atoms with van der Waals surface area (Å²) in [6, 6.07) is 10.3. The highest BCUT2D eigenvalue weighted by Gasteiger charge is 2.51. The molecule has 0 saturated carbocycles. The highest BCUT2D eigenvalue weighted by Crippen LogP contribution is 2.45. The summed E-state index contributed by atoms with van der Waals surface area (Å²) in [6.07, 6.45) is 12.9. The van der Waals surface area contributed by atoms with Crippen LogP contribution >= 0.6 is 0 Å². The number of terminal acetylenes is 1. The first-order valence-electron chi connectivity index (χ1n) is 26.1. The number of aromatic hydroxyl groups is 1. The number of rotatable bonds is 19. The zero-order chi connectivity index (χ0) is 54.7. The molecule has 2 bridgehead atoms. The van der Waals surface area contributed by atoms with Crippen molar-refractivity contribution in [2.24, 2.45) is 0 Å². The lowest BCUT2D eigenvalue weighted by atomic mass is 9.94. The molecule has 6 aliphatic rings. The number of nitrogens with zero attached hydrogens (tertiary/aromatic N) is 6. The molecular weight excluding hydrogens is 1010 g/mol. The van der Waals surface area contributed by atoms with Crippen molar-refractivity contribution in [3.05, 3.63) is 89.1 Å². The van der Waals surface area contributed by atoms with Crippen LogP contribution in [0.5, 0.6) is 11.8 Å². The Kier molecular flexibility index (Phi) is 15.9. The van der Waals surface area contributed by atoms with Crippen LogP contribution in [0.3, 0.4) is 0 Å². The first-order chi connectivity index (χ1) is 37.8. The van der Waals surface area contributed by atoms with Crippen LogP contribution in [0.2, 0.25) is 0 Å². The second-order valence-electron chi connectivity index (χ2n) is 20.4. The van der Waals surface area contributed by atoms with Crippen LogP contribution in [0, 0.1) is 24.0 Å². The average molecular weight is 1070 g/mol. The number of piperidine rings is 1. The van der Waals surface area contributed by atoms with Gasteiger partial charge in [-0.25, -0.2) is 8.78 Å². The fourth-order valence-corrected chi connectivity index (χ4v) is 11.7. The maximum Gasteiger partial charge on any atom is 0.319 e. The molecule has 2 aromatic heterocycles. The Morgan fingerprint density at radius 1 is 0.949 bits per heavy atom. The number of hydrogen-bond donors (Lipinski definition) is 5. The van der Waals surface area contributed by atoms with E-state index >= 15 is 4.39 Å². The minimum absolute atomic E-state index is 0.0323. The van der Waals surface area contributed by atoms with Gasteiger partial charge in [-0.2, -0.15) is 9.97 Å². The van der Waals surface area contributed by atoms with Gasteiger partial charge in [0.15, 0.2) is 5.82 Å². The fraction of sp³-hybridized carbons (Fsp3) is 0.429. The van der Waals surface area contributed by atoms with Gasteiger partial charge in [-0.1, -0.05) is 24.1 Å². The SMILES string of the molecule is C#Cc1c(F)ccc2cc(O)cc(-c3ncc4c(N5CC6CCC(C5)N6)nc(OCC56CCC(COC)N5CC(=C)C6)nc4c3F)c12.O=CNCCOCCOCCNc1ccc2c(c1)C(=O)N(C1CCC(=O)NC1=O)C2=O. The summed E-state index contributed by atoms with van der Waals surface area (Å²) in [7, 11) is 1.72. The average Bonchev–Trinajstić information content (AvgIpc) is 4.26. The summed E-state index contributed by atoms with van der Waals surface area (Å²) in [4.78, 5) is 78.5. The van der Waals surface area contributed by atoms with Crippen molar-refractivity contribution in [2.75, 3.05) is 89.7 Å². The molecule has 0 spiro atoms. The third-order valence-electron chi connectivity index (χ3n) is 15.3. The molecule has 8 heterocycles. The van der Waals surface area contributed by atoms with Crippen molar-refractivity contribution in [3.8, 4) is 35.4 Å². The van der Waals surface area contributed by atoms with Crippen LogP contribution in [-0.4, -0.2) is 169 Å². The number of ether oxygens (including phenoxy) is 4. The molecule has 20 nitrogen and oxygen atoms in total. The van der Waals surface area contributed by atoms with E-state index in [-0.39, 0.29) is 75.0 Å². The summed E-state index contributed by atoms with van der Waals surface area (Å²) in [5.74, 6) is -0.651. The van der Waals surface area contributed by atoms with Gasteiger partial charge in [0.2, 0.25) is 18.2 Å². The number of aromatic nitrogens is 3. The quantitative estimate of drug-likeness (QED) is 0.0256. The molecule has 0 aliphatic carbocycles. The molecule has 3 aromatic carbocycles. The number of methoxy groups -OCH3 is 1. The zero-order valence-corrected chi connectivity index (χ0v) is 43.1. The van der Waals surface area contributed by atoms with E-state index in [1.807, 2.05) is 0 Å². The van der Waals surface area contributed by atoms with E-state index < -0.39 is 41.3 Å². The van der Waals surface area contributed by atoms with Gasteiger partial charge < -0.3 is 44.9 Å². The van der Waals surface area contributed by atoms with Gasteiger partial charge in [0.25, 0.3) is 11.8 Å². The third-order valence-corrected chi connectivity index (χ3v) is 15.3. The van der Waals surface area contributed by atoms with Crippen LogP contribution in [-0.2, 0) is 28.6 Å². The van der Waals surface area contributed by atoms with E-state index in [0.717, 1.165) is 49.1 Å². The minimum Gasteiger partial charge on any atom is -0.508 e. The Morgan fingerprint density at radius 2 is 1.72 bits per heavy atom. The first kappa shape index (κ1) is 53.7. The molecule has 22 heteroatoms. The Hall–Kier alpha value is -7.68. The number of carbonyl (C=O) groups excluding carboxylic acids is 5. The number of fused-ring (bicyclic) bond motifs is 6. The predicted octanol–water partition coefficient (Wildman–Crippen LogP) is 4.22. The molecule has 78 heavy (non-hydrogen) atoms. The number of carbonyl (C=O) groups is 5. The van der Waals surface area contributed by atoms with Gasteiger partial charge >= 0.3 is 6.01 Å². The maximum atomic E-state index is 16.9. The van der Waals surface area contributed by atoms with Crippen molar-refractivity contribution in [1.29, 1.82) is 0 Å². The van der Waals surface area contributed by atoms with E-state index in [9.17, 15) is 33.5 Å². The summed E-state index contributed by atoms with van der Waals surface area (Å²) >= 11 is 0. The van der Waals surface area contributed by atoms with E-state index in [2.05, 4.69) is 53.5 Å². The monoisotopic (exact) mass is 1070 g/mol.